The van der Waals surface area contributed by atoms with E-state index in [0.717, 1.165) is 0 Å². The third-order valence-corrected chi connectivity index (χ3v) is 6.81. The maximum atomic E-state index is 13.0. The van der Waals surface area contributed by atoms with E-state index >= 15 is 0 Å². The minimum absolute atomic E-state index is 0.196. The van der Waals surface area contributed by atoms with E-state index in [0.29, 0.717) is 0 Å². The fourth-order valence-corrected chi connectivity index (χ4v) is 4.98. The van der Waals surface area contributed by atoms with Crippen molar-refractivity contribution in [1.82, 2.24) is 5.32 Å². The molecule has 1 aromatic heterocycles. The summed E-state index contributed by atoms with van der Waals surface area (Å²) >= 11 is -0.196. The van der Waals surface area contributed by atoms with Crippen molar-refractivity contribution in [3.05, 3.63) is 11.6 Å². The molecule has 0 radical (unpaired) electrons. The van der Waals surface area contributed by atoms with Gasteiger partial charge in [-0.05, 0) is 25.8 Å². The van der Waals surface area contributed by atoms with Crippen LogP contribution in [-0.4, -0.2) is 28.6 Å². The zero-order valence-corrected chi connectivity index (χ0v) is 11.5. The molecule has 0 saturated carbocycles. The standard InChI is InChI=1S/C10H16N2O4S3/c1-3-12-8-4-6(2)18(13,14)10-7(8)5-9(17-10)19(11,15)16/h5-6,8,12H,3-4H2,1-2H3,(H2,11,15,16)/t6-,8-/m0/s1/i1D3,2D3,3D2,4D2,5D,8D. The molecule has 1 aliphatic heterocycles. The van der Waals surface area contributed by atoms with Gasteiger partial charge in [-0.15, -0.1) is 11.3 Å². The number of thiophene rings is 1. The Balaban J connectivity index is 3.09. The van der Waals surface area contributed by atoms with E-state index in [9.17, 15) is 16.8 Å². The highest BCUT2D eigenvalue weighted by Crippen LogP contribution is 2.42. The Morgan fingerprint density at radius 1 is 1.84 bits per heavy atom. The molecule has 2 atom stereocenters. The van der Waals surface area contributed by atoms with Gasteiger partial charge in [0, 0.05) is 25.3 Å². The van der Waals surface area contributed by atoms with Crippen molar-refractivity contribution in [3.8, 4) is 0 Å². The first-order valence-electron chi connectivity index (χ1n) is 10.5. The second-order valence-electron chi connectivity index (χ2n) is 3.42. The summed E-state index contributed by atoms with van der Waals surface area (Å²) in [5, 5.41) is 3.43. The van der Waals surface area contributed by atoms with E-state index in [1.165, 1.54) is 5.32 Å². The second kappa shape index (κ2) is 4.81. The van der Waals surface area contributed by atoms with Gasteiger partial charge in [0.05, 0.1) is 7.99 Å². The number of nitrogens with one attached hydrogen (secondary N) is 1. The third-order valence-electron chi connectivity index (χ3n) is 2.16. The first kappa shape index (κ1) is 5.72. The summed E-state index contributed by atoms with van der Waals surface area (Å²) in [7, 11) is -10.1. The first-order valence-corrected chi connectivity index (χ1v) is 8.44. The van der Waals surface area contributed by atoms with Crippen molar-refractivity contribution in [3.63, 3.8) is 0 Å². The molecule has 0 bridgehead atoms. The van der Waals surface area contributed by atoms with Crippen LogP contribution >= 0.6 is 11.3 Å². The monoisotopic (exact) mass is 336 g/mol. The summed E-state index contributed by atoms with van der Waals surface area (Å²) in [6, 6.07) is -4.82. The number of sulfonamides is 1. The smallest absolute Gasteiger partial charge is 0.247 e. The normalized spacial score (nSPS) is 43.9. The number of fused-ring (bicyclic) bond motifs is 1. The number of nitrogens with two attached hydrogens (primary N) is 1. The summed E-state index contributed by atoms with van der Waals surface area (Å²) in [5.41, 5.74) is -1.25. The quantitative estimate of drug-likeness (QED) is 0.841. The lowest BCUT2D eigenvalue weighted by Crippen LogP contribution is -2.33. The lowest BCUT2D eigenvalue weighted by atomic mass is 10.1. The van der Waals surface area contributed by atoms with Crippen LogP contribution in [0.3, 0.4) is 0 Å². The molecule has 0 spiro atoms. The molecule has 0 fully saturated rings. The lowest BCUT2D eigenvalue weighted by molar-refractivity contribution is 0.477. The van der Waals surface area contributed by atoms with Crippen molar-refractivity contribution >= 4 is 31.2 Å². The Kier molecular flexibility index (Phi) is 1.45. The summed E-state index contributed by atoms with van der Waals surface area (Å²) in [6.07, 6.45) is -3.77. The van der Waals surface area contributed by atoms with Crippen molar-refractivity contribution in [2.45, 2.75) is 39.8 Å². The highest BCUT2D eigenvalue weighted by molar-refractivity contribution is 7.95. The van der Waals surface area contributed by atoms with Gasteiger partial charge in [0.2, 0.25) is 10.0 Å². The molecule has 0 amide bonds. The Hall–Kier alpha value is -0.480. The number of sulfone groups is 1. The summed E-state index contributed by atoms with van der Waals surface area (Å²) in [4.78, 5) is 0. The molecule has 0 aliphatic carbocycles. The van der Waals surface area contributed by atoms with Gasteiger partial charge in [-0.2, -0.15) is 0 Å². The topological polar surface area (TPSA) is 106 Å². The molecule has 108 valence electrons. The number of hydrogen-bond acceptors (Lipinski definition) is 6. The lowest BCUT2D eigenvalue weighted by Gasteiger charge is -2.27. The molecule has 6 nitrogen and oxygen atoms in total. The fourth-order valence-electron chi connectivity index (χ4n) is 1.36. The molecule has 0 aromatic carbocycles. The van der Waals surface area contributed by atoms with Crippen LogP contribution in [0, 0.1) is 0 Å². The second-order valence-corrected chi connectivity index (χ2v) is 8.42. The van der Waals surface area contributed by atoms with Crippen LogP contribution in [-0.2, 0) is 19.9 Å². The van der Waals surface area contributed by atoms with Crippen molar-refractivity contribution in [2.75, 3.05) is 6.50 Å². The van der Waals surface area contributed by atoms with E-state index in [2.05, 4.69) is 0 Å². The Morgan fingerprint density at radius 3 is 3.16 bits per heavy atom. The van der Waals surface area contributed by atoms with Crippen LogP contribution in [0.15, 0.2) is 14.5 Å². The molecular weight excluding hydrogens is 308 g/mol. The molecule has 9 heteroatoms. The van der Waals surface area contributed by atoms with Crippen LogP contribution in [0.2, 0.25) is 0 Å². The van der Waals surface area contributed by atoms with Gasteiger partial charge in [-0.25, -0.2) is 22.0 Å². The summed E-state index contributed by atoms with van der Waals surface area (Å²) in [6.45, 7) is -10.8. The Bertz CT molecular complexity index is 1120. The molecule has 19 heavy (non-hydrogen) atoms. The maximum absolute atomic E-state index is 13.0. The molecule has 3 N–H and O–H groups in total. The largest absolute Gasteiger partial charge is 0.310 e. The number of hydrogen-bond donors (Lipinski definition) is 2. The first-order chi connectivity index (χ1) is 13.3. The van der Waals surface area contributed by atoms with Crippen LogP contribution in [0.1, 0.15) is 48.1 Å². The zero-order valence-electron chi connectivity index (χ0n) is 21.0. The Morgan fingerprint density at radius 2 is 2.58 bits per heavy atom. The predicted octanol–water partition coefficient (Wildman–Crippen LogP) is 0.612. The van der Waals surface area contributed by atoms with E-state index in [1.807, 2.05) is 0 Å². The van der Waals surface area contributed by atoms with Gasteiger partial charge >= 0.3 is 0 Å². The van der Waals surface area contributed by atoms with Crippen molar-refractivity contribution in [1.29, 1.82) is 0 Å². The fraction of sp³-hybridized carbons (Fsp3) is 0.600. The third kappa shape index (κ3) is 2.57. The van der Waals surface area contributed by atoms with Gasteiger partial charge in [-0.1, -0.05) is 6.85 Å². The molecule has 0 unspecified atom stereocenters. The van der Waals surface area contributed by atoms with Gasteiger partial charge in [-0.3, -0.25) is 0 Å². The average Bonchev–Trinajstić information content (AvgIpc) is 2.80. The van der Waals surface area contributed by atoms with E-state index in [1.54, 1.807) is 0 Å². The molecule has 2 heterocycles. The summed E-state index contributed by atoms with van der Waals surface area (Å²) < 4.78 is 140. The molecular formula is C10H16N2O4S3. The van der Waals surface area contributed by atoms with Gasteiger partial charge in [0.1, 0.15) is 8.42 Å². The maximum Gasteiger partial charge on any atom is 0.247 e. The zero-order chi connectivity index (χ0) is 24.8. The van der Waals surface area contributed by atoms with Gasteiger partial charge in [0.15, 0.2) is 9.84 Å². The van der Waals surface area contributed by atoms with E-state index in [-0.39, 0.29) is 11.3 Å². The minimum atomic E-state index is -5.25. The number of primary sulfonamides is 1. The van der Waals surface area contributed by atoms with Crippen molar-refractivity contribution in [2.24, 2.45) is 5.14 Å². The van der Waals surface area contributed by atoms with Crippen LogP contribution in [0.25, 0.3) is 0 Å². The van der Waals surface area contributed by atoms with Gasteiger partial charge < -0.3 is 5.32 Å². The van der Waals surface area contributed by atoms with Gasteiger partial charge in [0.25, 0.3) is 0 Å². The molecule has 1 aliphatic rings. The highest BCUT2D eigenvalue weighted by atomic mass is 32.3. The van der Waals surface area contributed by atoms with E-state index in [4.69, 9.17) is 21.6 Å². The van der Waals surface area contributed by atoms with Crippen LogP contribution < -0.4 is 10.5 Å². The van der Waals surface area contributed by atoms with Crippen molar-refractivity contribution < 1.29 is 33.3 Å². The number of rotatable bonds is 3. The molecule has 2 rings (SSSR count). The predicted molar refractivity (Wildman–Crippen MR) is 73.4 cm³/mol. The summed E-state index contributed by atoms with van der Waals surface area (Å²) in [5.74, 6) is 0. The van der Waals surface area contributed by atoms with E-state index < -0.39 is 77.7 Å². The molecule has 1 aromatic rings. The SMILES string of the molecule is [2H]c1c(S(N)(=O)=O)sc2c1[C@@]([2H])(NC([2H])([2H])C([2H])([2H])[2H])C([2H])([2H])[C@H](C([2H])([2H])[2H])S2(=O)=O. The van der Waals surface area contributed by atoms with Crippen LogP contribution in [0.5, 0.6) is 0 Å². The minimum Gasteiger partial charge on any atom is -0.310 e. The van der Waals surface area contributed by atoms with Crippen LogP contribution in [0.4, 0.5) is 0 Å². The average molecular weight is 337 g/mol. The Labute approximate surface area is 133 Å². The highest BCUT2D eigenvalue weighted by Gasteiger charge is 2.39. The molecule has 0 saturated heterocycles.